The van der Waals surface area contributed by atoms with E-state index < -0.39 is 62.9 Å². The third kappa shape index (κ3) is 4.29. The van der Waals surface area contributed by atoms with Crippen molar-refractivity contribution in [3.8, 4) is 0 Å². The van der Waals surface area contributed by atoms with Gasteiger partial charge in [-0.2, -0.15) is 8.42 Å². The van der Waals surface area contributed by atoms with Crippen LogP contribution in [0.3, 0.4) is 0 Å². The van der Waals surface area contributed by atoms with Crippen LogP contribution in [0.2, 0.25) is 0 Å². The minimum Gasteiger partial charge on any atom is -0.453 e. The summed E-state index contributed by atoms with van der Waals surface area (Å²) in [5, 5.41) is 10.6. The number of hydrogen-bond donors (Lipinski definition) is 2. The summed E-state index contributed by atoms with van der Waals surface area (Å²) in [5.74, 6) is -3.84. The fourth-order valence-electron chi connectivity index (χ4n) is 3.74. The van der Waals surface area contributed by atoms with E-state index in [1.54, 1.807) is 12.1 Å². The Labute approximate surface area is 187 Å². The van der Waals surface area contributed by atoms with Crippen LogP contribution in [-0.4, -0.2) is 64.4 Å². The lowest BCUT2D eigenvalue weighted by Gasteiger charge is -2.52. The van der Waals surface area contributed by atoms with Crippen molar-refractivity contribution in [3.05, 3.63) is 30.2 Å². The number of rotatable bonds is 5. The molecule has 1 aromatic carbocycles. The van der Waals surface area contributed by atoms with E-state index in [-0.39, 0.29) is 11.1 Å². The fraction of sp³-hybridized carbons (Fsp3) is 0.474. The molecular weight excluding hydrogens is 466 g/mol. The summed E-state index contributed by atoms with van der Waals surface area (Å²) in [7, 11) is -5.34. The van der Waals surface area contributed by atoms with E-state index in [4.69, 9.17) is 23.4 Å². The van der Waals surface area contributed by atoms with Gasteiger partial charge in [-0.05, 0) is 19.1 Å². The van der Waals surface area contributed by atoms with Gasteiger partial charge in [-0.15, -0.1) is 0 Å². The number of carbonyl (C=O) groups is 3. The molecule has 2 N–H and O–H groups in total. The van der Waals surface area contributed by atoms with Crippen LogP contribution in [0.15, 0.2) is 28.7 Å². The second-order valence-electron chi connectivity index (χ2n) is 7.48. The van der Waals surface area contributed by atoms with Gasteiger partial charge >= 0.3 is 17.9 Å². The topological polar surface area (TPSA) is 189 Å². The van der Waals surface area contributed by atoms with Crippen LogP contribution in [0.25, 0.3) is 11.1 Å². The van der Waals surface area contributed by atoms with E-state index >= 15 is 0 Å². The number of esters is 3. The van der Waals surface area contributed by atoms with E-state index in [0.717, 1.165) is 27.7 Å². The Morgan fingerprint density at radius 3 is 2.18 bits per heavy atom. The second-order valence-corrected chi connectivity index (χ2v) is 8.93. The zero-order chi connectivity index (χ0) is 24.8. The zero-order valence-corrected chi connectivity index (χ0v) is 18.7. The van der Waals surface area contributed by atoms with Crippen LogP contribution < -0.4 is 0 Å². The maximum absolute atomic E-state index is 12.4. The van der Waals surface area contributed by atoms with Crippen LogP contribution in [0, 0.1) is 0 Å². The Hall–Kier alpha value is -3.07. The number of fused-ring (bicyclic) bond motifs is 1. The van der Waals surface area contributed by atoms with Crippen LogP contribution in [0.5, 0.6) is 0 Å². The van der Waals surface area contributed by atoms with Crippen LogP contribution in [0.4, 0.5) is 0 Å². The van der Waals surface area contributed by atoms with Crippen molar-refractivity contribution in [2.75, 3.05) is 0 Å². The SMILES string of the molecule is CC(=O)O[C@H]1[C@](C)(OC(C)=O)[C@@H](O)OC(S(=O)(=O)O)[C@@]1(OC(C)=O)c1nc2ccccc2o1. The Morgan fingerprint density at radius 2 is 1.67 bits per heavy atom. The molecule has 2 aromatic rings. The molecule has 0 radical (unpaired) electrons. The van der Waals surface area contributed by atoms with Crippen LogP contribution in [-0.2, 0) is 49.1 Å². The van der Waals surface area contributed by atoms with Gasteiger partial charge in [0, 0.05) is 20.8 Å². The summed E-state index contributed by atoms with van der Waals surface area (Å²) in [4.78, 5) is 40.2. The second kappa shape index (κ2) is 8.37. The molecule has 0 saturated carbocycles. The number of hydrogen-bond acceptors (Lipinski definition) is 12. The van der Waals surface area contributed by atoms with Crippen LogP contribution in [0.1, 0.15) is 33.6 Å². The normalized spacial score (nSPS) is 29.9. The molecule has 2 heterocycles. The molecular formula is C19H21NO12S. The molecule has 0 amide bonds. The van der Waals surface area contributed by atoms with Crippen LogP contribution >= 0.6 is 0 Å². The summed E-state index contributed by atoms with van der Waals surface area (Å²) < 4.78 is 61.3. The molecule has 5 atom stereocenters. The molecule has 180 valence electrons. The van der Waals surface area contributed by atoms with E-state index in [2.05, 4.69) is 4.98 Å². The van der Waals surface area contributed by atoms with Gasteiger partial charge in [0.2, 0.25) is 23.2 Å². The van der Waals surface area contributed by atoms with Crippen molar-refractivity contribution in [1.82, 2.24) is 4.98 Å². The standard InChI is InChI=1S/C19H21NO12S/c1-9(21)28-14-18(4,31-10(2)22)16(24)30-17(33(25,26)27)19(14,32-11(3)23)15-20-12-7-5-6-8-13(12)29-15/h5-8,14,16-17,24H,1-4H3,(H,25,26,27)/t14-,16-,17?,18-,19-/m0/s1. The lowest BCUT2D eigenvalue weighted by Crippen LogP contribution is -2.73. The molecule has 14 heteroatoms. The summed E-state index contributed by atoms with van der Waals surface area (Å²) >= 11 is 0. The molecule has 1 fully saturated rings. The van der Waals surface area contributed by atoms with Gasteiger partial charge in [-0.1, -0.05) is 12.1 Å². The van der Waals surface area contributed by atoms with E-state index in [1.807, 2.05) is 0 Å². The monoisotopic (exact) mass is 487 g/mol. The maximum atomic E-state index is 12.4. The first-order valence-electron chi connectivity index (χ1n) is 9.44. The van der Waals surface area contributed by atoms with Crippen molar-refractivity contribution in [2.24, 2.45) is 0 Å². The number of benzene rings is 1. The number of aliphatic hydroxyl groups is 1. The molecule has 0 bridgehead atoms. The number of aliphatic hydroxyl groups excluding tert-OH is 1. The number of aromatic nitrogens is 1. The molecule has 13 nitrogen and oxygen atoms in total. The summed E-state index contributed by atoms with van der Waals surface area (Å²) in [6, 6.07) is 6.10. The third-order valence-corrected chi connectivity index (χ3v) is 5.86. The molecule has 1 aliphatic heterocycles. The van der Waals surface area contributed by atoms with Gasteiger partial charge < -0.3 is 28.5 Å². The highest BCUT2D eigenvalue weighted by molar-refractivity contribution is 7.86. The van der Waals surface area contributed by atoms with Crippen molar-refractivity contribution < 1.29 is 55.8 Å². The maximum Gasteiger partial charge on any atom is 0.303 e. The minimum atomic E-state index is -5.34. The predicted molar refractivity (Wildman–Crippen MR) is 106 cm³/mol. The molecule has 1 aliphatic rings. The quantitative estimate of drug-likeness (QED) is 0.335. The Bertz CT molecular complexity index is 1170. The number of nitrogens with zero attached hydrogens (tertiary/aromatic N) is 1. The highest BCUT2D eigenvalue weighted by Crippen LogP contribution is 2.50. The number of carbonyl (C=O) groups excluding carboxylic acids is 3. The molecule has 0 aliphatic carbocycles. The number of para-hydroxylation sites is 2. The van der Waals surface area contributed by atoms with Gasteiger partial charge in [0.1, 0.15) is 5.52 Å². The first-order chi connectivity index (χ1) is 15.2. The molecule has 0 spiro atoms. The Balaban J connectivity index is 2.44. The molecule has 3 rings (SSSR count). The van der Waals surface area contributed by atoms with E-state index in [1.165, 1.54) is 12.1 Å². The first-order valence-corrected chi connectivity index (χ1v) is 10.9. The fourth-order valence-corrected chi connectivity index (χ4v) is 4.70. The zero-order valence-electron chi connectivity index (χ0n) is 17.9. The summed E-state index contributed by atoms with van der Waals surface area (Å²) in [5.41, 5.74) is -7.53. The Morgan fingerprint density at radius 1 is 1.06 bits per heavy atom. The van der Waals surface area contributed by atoms with Crippen molar-refractivity contribution in [2.45, 2.75) is 56.7 Å². The highest BCUT2D eigenvalue weighted by Gasteiger charge is 2.74. The van der Waals surface area contributed by atoms with Gasteiger partial charge in [0.25, 0.3) is 15.7 Å². The van der Waals surface area contributed by atoms with Gasteiger partial charge in [-0.3, -0.25) is 18.9 Å². The first kappa shape index (κ1) is 24.6. The van der Waals surface area contributed by atoms with E-state index in [9.17, 15) is 32.5 Å². The van der Waals surface area contributed by atoms with Crippen molar-refractivity contribution >= 4 is 39.1 Å². The molecule has 33 heavy (non-hydrogen) atoms. The lowest BCUT2D eigenvalue weighted by atomic mass is 9.80. The average Bonchev–Trinajstić information content (AvgIpc) is 3.10. The average molecular weight is 487 g/mol. The molecule has 1 aromatic heterocycles. The van der Waals surface area contributed by atoms with Crippen molar-refractivity contribution in [3.63, 3.8) is 0 Å². The minimum absolute atomic E-state index is 0.106. The van der Waals surface area contributed by atoms with E-state index in [0.29, 0.717) is 0 Å². The number of oxazole rings is 1. The lowest BCUT2D eigenvalue weighted by molar-refractivity contribution is -0.346. The van der Waals surface area contributed by atoms with Gasteiger partial charge in [-0.25, -0.2) is 4.98 Å². The smallest absolute Gasteiger partial charge is 0.303 e. The Kier molecular flexibility index (Phi) is 6.23. The predicted octanol–water partition coefficient (Wildman–Crippen LogP) is 0.402. The summed E-state index contributed by atoms with van der Waals surface area (Å²) in [6.45, 7) is 3.84. The highest BCUT2D eigenvalue weighted by atomic mass is 32.2. The third-order valence-electron chi connectivity index (χ3n) is 4.86. The molecule has 1 unspecified atom stereocenters. The van der Waals surface area contributed by atoms with Gasteiger partial charge in [0.15, 0.2) is 11.7 Å². The number of ether oxygens (including phenoxy) is 4. The van der Waals surface area contributed by atoms with Crippen molar-refractivity contribution in [1.29, 1.82) is 0 Å². The van der Waals surface area contributed by atoms with Gasteiger partial charge in [0.05, 0.1) is 0 Å². The summed E-state index contributed by atoms with van der Waals surface area (Å²) in [6.07, 6.45) is -4.38. The molecule has 1 saturated heterocycles. The largest absolute Gasteiger partial charge is 0.453 e.